The largest absolute Gasteiger partial charge is 0.478 e. The van der Waals surface area contributed by atoms with Crippen molar-refractivity contribution in [3.05, 3.63) is 11.1 Å². The van der Waals surface area contributed by atoms with Crippen LogP contribution >= 0.6 is 11.6 Å². The minimum absolute atomic E-state index is 0.350. The molecule has 1 aliphatic rings. The lowest BCUT2D eigenvalue weighted by Gasteiger charge is -1.87. The molecule has 0 spiro atoms. The fraction of sp³-hybridized carbons (Fsp3) is 0.500. The zero-order valence-electron chi connectivity index (χ0n) is 4.80. The van der Waals surface area contributed by atoms with Crippen LogP contribution in [-0.2, 0) is 4.79 Å². The number of aliphatic carboxylic acids is 1. The highest BCUT2D eigenvalue weighted by Gasteiger charge is 2.25. The Morgan fingerprint density at radius 3 is 2.56 bits per heavy atom. The first-order chi connectivity index (χ1) is 4.20. The van der Waals surface area contributed by atoms with Gasteiger partial charge in [-0.3, -0.25) is 0 Å². The molecule has 3 heteroatoms. The second-order valence-electron chi connectivity index (χ2n) is 2.14. The summed E-state index contributed by atoms with van der Waals surface area (Å²) in [7, 11) is 0. The number of halogens is 1. The van der Waals surface area contributed by atoms with Crippen molar-refractivity contribution in [2.45, 2.75) is 12.8 Å². The van der Waals surface area contributed by atoms with E-state index in [-0.39, 0.29) is 0 Å². The number of rotatable bonds is 2. The summed E-state index contributed by atoms with van der Waals surface area (Å²) in [5.74, 6) is -0.602. The molecule has 1 N–H and O–H groups in total. The minimum Gasteiger partial charge on any atom is -0.478 e. The standard InChI is InChI=1S/C6H7ClO2/c7-5(3-6(8)9)4-1-2-4/h3-4H,1-2H2,(H,8,9)/b5-3-. The van der Waals surface area contributed by atoms with Gasteiger partial charge in [0, 0.05) is 11.1 Å². The molecule has 9 heavy (non-hydrogen) atoms. The number of carboxylic acid groups (broad SMARTS) is 1. The van der Waals surface area contributed by atoms with E-state index in [4.69, 9.17) is 16.7 Å². The number of hydrogen-bond acceptors (Lipinski definition) is 1. The van der Waals surface area contributed by atoms with Crippen LogP contribution in [0.4, 0.5) is 0 Å². The highest BCUT2D eigenvalue weighted by molar-refractivity contribution is 6.31. The van der Waals surface area contributed by atoms with E-state index in [1.807, 2.05) is 0 Å². The maximum absolute atomic E-state index is 9.98. The lowest BCUT2D eigenvalue weighted by molar-refractivity contribution is -0.131. The average molecular weight is 147 g/mol. The number of allylic oxidation sites excluding steroid dienone is 1. The fourth-order valence-corrected chi connectivity index (χ4v) is 0.906. The molecule has 0 saturated heterocycles. The lowest BCUT2D eigenvalue weighted by Crippen LogP contribution is -1.88. The van der Waals surface area contributed by atoms with Crippen LogP contribution in [0.3, 0.4) is 0 Å². The topological polar surface area (TPSA) is 37.3 Å². The van der Waals surface area contributed by atoms with Gasteiger partial charge in [0.15, 0.2) is 0 Å². The fourth-order valence-electron chi connectivity index (χ4n) is 0.595. The first kappa shape index (κ1) is 6.62. The van der Waals surface area contributed by atoms with E-state index >= 15 is 0 Å². The highest BCUT2D eigenvalue weighted by atomic mass is 35.5. The van der Waals surface area contributed by atoms with Gasteiger partial charge in [0.1, 0.15) is 0 Å². The Hall–Kier alpha value is -0.500. The van der Waals surface area contributed by atoms with Gasteiger partial charge in [0.05, 0.1) is 0 Å². The summed E-state index contributed by atoms with van der Waals surface area (Å²) >= 11 is 5.55. The van der Waals surface area contributed by atoms with Crippen LogP contribution in [0.15, 0.2) is 11.1 Å². The summed E-state index contributed by atoms with van der Waals surface area (Å²) in [4.78, 5) is 9.98. The van der Waals surface area contributed by atoms with Gasteiger partial charge in [-0.1, -0.05) is 11.6 Å². The third kappa shape index (κ3) is 2.06. The zero-order valence-corrected chi connectivity index (χ0v) is 5.56. The molecule has 0 aromatic heterocycles. The molecule has 0 unspecified atom stereocenters. The smallest absolute Gasteiger partial charge is 0.329 e. The van der Waals surface area contributed by atoms with Crippen molar-refractivity contribution in [1.82, 2.24) is 0 Å². The third-order valence-corrected chi connectivity index (χ3v) is 1.65. The number of carbonyl (C=O) groups is 1. The summed E-state index contributed by atoms with van der Waals surface area (Å²) in [6.45, 7) is 0. The molecule has 0 aliphatic heterocycles. The van der Waals surface area contributed by atoms with Crippen LogP contribution in [0.25, 0.3) is 0 Å². The molecule has 1 aliphatic carbocycles. The molecule has 0 amide bonds. The lowest BCUT2D eigenvalue weighted by atomic mass is 10.3. The summed E-state index contributed by atoms with van der Waals surface area (Å²) in [5, 5.41) is 8.69. The van der Waals surface area contributed by atoms with Gasteiger partial charge in [-0.15, -0.1) is 0 Å². The van der Waals surface area contributed by atoms with Gasteiger partial charge < -0.3 is 5.11 Å². The first-order valence-electron chi connectivity index (χ1n) is 2.80. The first-order valence-corrected chi connectivity index (χ1v) is 3.18. The van der Waals surface area contributed by atoms with Crippen molar-refractivity contribution < 1.29 is 9.90 Å². The van der Waals surface area contributed by atoms with E-state index in [2.05, 4.69) is 0 Å². The molecule has 1 saturated carbocycles. The predicted molar refractivity (Wildman–Crippen MR) is 34.3 cm³/mol. The molecule has 2 nitrogen and oxygen atoms in total. The number of carboxylic acids is 1. The van der Waals surface area contributed by atoms with E-state index in [9.17, 15) is 4.79 Å². The van der Waals surface area contributed by atoms with Crippen LogP contribution in [-0.4, -0.2) is 11.1 Å². The van der Waals surface area contributed by atoms with Gasteiger partial charge in [-0.05, 0) is 18.8 Å². The molecule has 0 radical (unpaired) electrons. The molecule has 50 valence electrons. The molecule has 0 aromatic rings. The monoisotopic (exact) mass is 146 g/mol. The molecule has 0 atom stereocenters. The molecule has 0 heterocycles. The normalized spacial score (nSPS) is 19.9. The van der Waals surface area contributed by atoms with Crippen LogP contribution < -0.4 is 0 Å². The van der Waals surface area contributed by atoms with Crippen molar-refractivity contribution in [3.63, 3.8) is 0 Å². The summed E-state index contributed by atoms with van der Waals surface area (Å²) in [6, 6.07) is 0. The third-order valence-electron chi connectivity index (χ3n) is 1.23. The summed E-state index contributed by atoms with van der Waals surface area (Å²) < 4.78 is 0. The van der Waals surface area contributed by atoms with Crippen molar-refractivity contribution in [2.75, 3.05) is 0 Å². The van der Waals surface area contributed by atoms with Crippen molar-refractivity contribution in [2.24, 2.45) is 5.92 Å². The van der Waals surface area contributed by atoms with Crippen LogP contribution in [0.1, 0.15) is 12.8 Å². The molecule has 0 bridgehead atoms. The second kappa shape index (κ2) is 2.40. The SMILES string of the molecule is O=C(O)/C=C(\Cl)C1CC1. The Bertz CT molecular complexity index is 158. The van der Waals surface area contributed by atoms with Crippen molar-refractivity contribution in [3.8, 4) is 0 Å². The van der Waals surface area contributed by atoms with Crippen LogP contribution in [0, 0.1) is 5.92 Å². The zero-order chi connectivity index (χ0) is 6.85. The van der Waals surface area contributed by atoms with Crippen LogP contribution in [0.2, 0.25) is 0 Å². The predicted octanol–water partition coefficient (Wildman–Crippen LogP) is 1.60. The molecular formula is C6H7ClO2. The Labute approximate surface area is 58.1 Å². The van der Waals surface area contributed by atoms with Crippen LogP contribution in [0.5, 0.6) is 0 Å². The van der Waals surface area contributed by atoms with E-state index in [1.54, 1.807) is 0 Å². The van der Waals surface area contributed by atoms with E-state index in [0.29, 0.717) is 11.0 Å². The maximum atomic E-state index is 9.98. The Morgan fingerprint density at radius 1 is 1.67 bits per heavy atom. The van der Waals surface area contributed by atoms with Gasteiger partial charge >= 0.3 is 5.97 Å². The second-order valence-corrected chi connectivity index (χ2v) is 2.58. The van der Waals surface area contributed by atoms with Crippen molar-refractivity contribution >= 4 is 17.6 Å². The summed E-state index contributed by atoms with van der Waals surface area (Å²) in [6.07, 6.45) is 3.16. The van der Waals surface area contributed by atoms with Crippen molar-refractivity contribution in [1.29, 1.82) is 0 Å². The van der Waals surface area contributed by atoms with Gasteiger partial charge in [-0.25, -0.2) is 4.79 Å². The minimum atomic E-state index is -0.952. The molecular weight excluding hydrogens is 140 g/mol. The molecule has 1 fully saturated rings. The highest BCUT2D eigenvalue weighted by Crippen LogP contribution is 2.38. The molecule has 1 rings (SSSR count). The van der Waals surface area contributed by atoms with Gasteiger partial charge in [0.25, 0.3) is 0 Å². The Morgan fingerprint density at radius 2 is 2.22 bits per heavy atom. The summed E-state index contributed by atoms with van der Waals surface area (Å²) in [5.41, 5.74) is 0. The maximum Gasteiger partial charge on any atom is 0.329 e. The van der Waals surface area contributed by atoms with E-state index in [1.165, 1.54) is 0 Å². The van der Waals surface area contributed by atoms with Gasteiger partial charge in [0.2, 0.25) is 0 Å². The van der Waals surface area contributed by atoms with Gasteiger partial charge in [-0.2, -0.15) is 0 Å². The Balaban J connectivity index is 2.47. The average Bonchev–Trinajstić information content (AvgIpc) is 2.40. The van der Waals surface area contributed by atoms with E-state index < -0.39 is 5.97 Å². The quantitative estimate of drug-likeness (QED) is 0.601. The number of hydrogen-bond donors (Lipinski definition) is 1. The Kier molecular flexibility index (Phi) is 1.76. The molecule has 0 aromatic carbocycles. The van der Waals surface area contributed by atoms with E-state index in [0.717, 1.165) is 18.9 Å².